The van der Waals surface area contributed by atoms with E-state index in [4.69, 9.17) is 0 Å². The molecule has 0 bridgehead atoms. The summed E-state index contributed by atoms with van der Waals surface area (Å²) in [5.74, 6) is 0.0171. The van der Waals surface area contributed by atoms with Crippen LogP contribution in [0.2, 0.25) is 0 Å². The summed E-state index contributed by atoms with van der Waals surface area (Å²) < 4.78 is 0. The number of aryl methyl sites for hydroxylation is 1. The van der Waals surface area contributed by atoms with Gasteiger partial charge in [0.25, 0.3) is 0 Å². The average Bonchev–Trinajstić information content (AvgIpc) is 2.50. The van der Waals surface area contributed by atoms with Gasteiger partial charge < -0.3 is 5.32 Å². The largest absolute Gasteiger partial charge is 0.356 e. The van der Waals surface area contributed by atoms with Crippen LogP contribution in [0.25, 0.3) is 6.08 Å². The number of hydrogen-bond donors (Lipinski definition) is 1. The average molecular weight is 210 g/mol. The normalized spacial score (nSPS) is 10.7. The van der Waals surface area contributed by atoms with Crippen LogP contribution in [0.1, 0.15) is 23.2 Å². The Labute approximate surface area is 87.9 Å². The summed E-state index contributed by atoms with van der Waals surface area (Å²) >= 11 is 1.67. The number of aromatic nitrogens is 1. The van der Waals surface area contributed by atoms with E-state index in [1.54, 1.807) is 11.3 Å². The van der Waals surface area contributed by atoms with Crippen LogP contribution in [-0.4, -0.2) is 17.4 Å². The monoisotopic (exact) mass is 210 g/mol. The lowest BCUT2D eigenvalue weighted by Gasteiger charge is -1.95. The first-order chi connectivity index (χ1) is 6.68. The smallest absolute Gasteiger partial charge is 0.216 e. The molecule has 0 radical (unpaired) electrons. The standard InChI is InChI=1S/C10H14N2OS/c1-8-7-12-10(14-8)5-3-4-6-11-9(2)13/h3,5,7H,4,6H2,1-2H3,(H,11,13). The highest BCUT2D eigenvalue weighted by atomic mass is 32.1. The topological polar surface area (TPSA) is 42.0 Å². The van der Waals surface area contributed by atoms with E-state index in [0.717, 1.165) is 11.4 Å². The summed E-state index contributed by atoms with van der Waals surface area (Å²) in [6.45, 7) is 4.25. The van der Waals surface area contributed by atoms with Gasteiger partial charge in [0, 0.05) is 24.5 Å². The first kappa shape index (κ1) is 10.9. The van der Waals surface area contributed by atoms with Gasteiger partial charge in [0.2, 0.25) is 5.91 Å². The van der Waals surface area contributed by atoms with Crippen LogP contribution in [0.15, 0.2) is 12.3 Å². The number of rotatable bonds is 4. The van der Waals surface area contributed by atoms with Gasteiger partial charge in [-0.3, -0.25) is 4.79 Å². The molecule has 1 amide bonds. The van der Waals surface area contributed by atoms with Gasteiger partial charge in [-0.05, 0) is 19.4 Å². The van der Waals surface area contributed by atoms with Crippen LogP contribution in [0.3, 0.4) is 0 Å². The molecule has 0 spiro atoms. The van der Waals surface area contributed by atoms with Gasteiger partial charge in [-0.2, -0.15) is 0 Å². The number of amides is 1. The van der Waals surface area contributed by atoms with Crippen LogP contribution < -0.4 is 5.32 Å². The molecule has 1 rings (SSSR count). The van der Waals surface area contributed by atoms with E-state index in [-0.39, 0.29) is 5.91 Å². The molecule has 1 aromatic heterocycles. The van der Waals surface area contributed by atoms with Gasteiger partial charge in [-0.25, -0.2) is 4.98 Å². The molecule has 0 aliphatic carbocycles. The van der Waals surface area contributed by atoms with Gasteiger partial charge in [-0.15, -0.1) is 11.3 Å². The Kier molecular flexibility index (Phi) is 4.32. The zero-order valence-electron chi connectivity index (χ0n) is 8.41. The minimum Gasteiger partial charge on any atom is -0.356 e. The molecular formula is C10H14N2OS. The molecule has 0 aliphatic heterocycles. The lowest BCUT2D eigenvalue weighted by molar-refractivity contribution is -0.118. The van der Waals surface area contributed by atoms with Crippen molar-refractivity contribution >= 4 is 23.3 Å². The molecule has 1 N–H and O–H groups in total. The molecule has 0 atom stereocenters. The predicted molar refractivity (Wildman–Crippen MR) is 59.2 cm³/mol. The maximum absolute atomic E-state index is 10.5. The number of hydrogen-bond acceptors (Lipinski definition) is 3. The van der Waals surface area contributed by atoms with Crippen LogP contribution in [-0.2, 0) is 4.79 Å². The zero-order valence-corrected chi connectivity index (χ0v) is 9.23. The molecule has 4 heteroatoms. The van der Waals surface area contributed by atoms with E-state index < -0.39 is 0 Å². The Bertz CT molecular complexity index is 331. The summed E-state index contributed by atoms with van der Waals surface area (Å²) in [4.78, 5) is 15.9. The van der Waals surface area contributed by atoms with Crippen molar-refractivity contribution in [1.82, 2.24) is 10.3 Å². The van der Waals surface area contributed by atoms with Crippen LogP contribution >= 0.6 is 11.3 Å². The SMILES string of the molecule is CC(=O)NCCC=Cc1ncc(C)s1. The molecule has 0 aromatic carbocycles. The van der Waals surface area contributed by atoms with Crippen molar-refractivity contribution in [2.45, 2.75) is 20.3 Å². The lowest BCUT2D eigenvalue weighted by atomic mass is 10.4. The van der Waals surface area contributed by atoms with E-state index in [2.05, 4.69) is 10.3 Å². The van der Waals surface area contributed by atoms with E-state index in [1.165, 1.54) is 11.8 Å². The Balaban J connectivity index is 2.24. The third-order valence-corrected chi connectivity index (χ3v) is 2.46. The third kappa shape index (κ3) is 4.18. The molecular weight excluding hydrogens is 196 g/mol. The summed E-state index contributed by atoms with van der Waals surface area (Å²) in [6.07, 6.45) is 6.71. The summed E-state index contributed by atoms with van der Waals surface area (Å²) in [5.41, 5.74) is 0. The maximum atomic E-state index is 10.5. The van der Waals surface area contributed by atoms with Crippen LogP contribution in [0, 0.1) is 6.92 Å². The van der Waals surface area contributed by atoms with Gasteiger partial charge >= 0.3 is 0 Å². The van der Waals surface area contributed by atoms with Gasteiger partial charge in [0.05, 0.1) is 0 Å². The molecule has 76 valence electrons. The van der Waals surface area contributed by atoms with Gasteiger partial charge in [0.15, 0.2) is 0 Å². The molecule has 0 aliphatic rings. The highest BCUT2D eigenvalue weighted by Gasteiger charge is 1.92. The second kappa shape index (κ2) is 5.54. The Morgan fingerprint density at radius 1 is 1.71 bits per heavy atom. The van der Waals surface area contributed by atoms with Crippen molar-refractivity contribution in [1.29, 1.82) is 0 Å². The van der Waals surface area contributed by atoms with E-state index in [1.807, 2.05) is 25.3 Å². The van der Waals surface area contributed by atoms with Crippen molar-refractivity contribution < 1.29 is 4.79 Å². The summed E-state index contributed by atoms with van der Waals surface area (Å²) in [5, 5.41) is 3.75. The van der Waals surface area contributed by atoms with Crippen molar-refractivity contribution in [2.75, 3.05) is 6.54 Å². The molecule has 1 aromatic rings. The van der Waals surface area contributed by atoms with Crippen molar-refractivity contribution in [3.8, 4) is 0 Å². The zero-order chi connectivity index (χ0) is 10.4. The summed E-state index contributed by atoms with van der Waals surface area (Å²) in [7, 11) is 0. The number of nitrogens with one attached hydrogen (secondary N) is 1. The number of carbonyl (C=O) groups is 1. The number of carbonyl (C=O) groups excluding carboxylic acids is 1. The highest BCUT2D eigenvalue weighted by Crippen LogP contribution is 2.12. The molecule has 0 unspecified atom stereocenters. The Morgan fingerprint density at radius 3 is 3.07 bits per heavy atom. The summed E-state index contributed by atoms with van der Waals surface area (Å²) in [6, 6.07) is 0. The highest BCUT2D eigenvalue weighted by molar-refractivity contribution is 7.12. The second-order valence-electron chi connectivity index (χ2n) is 2.98. The lowest BCUT2D eigenvalue weighted by Crippen LogP contribution is -2.20. The first-order valence-electron chi connectivity index (χ1n) is 4.52. The fraction of sp³-hybridized carbons (Fsp3) is 0.400. The number of thiazole rings is 1. The molecule has 14 heavy (non-hydrogen) atoms. The van der Waals surface area contributed by atoms with E-state index in [0.29, 0.717) is 6.54 Å². The minimum absolute atomic E-state index is 0.0171. The molecule has 0 fully saturated rings. The predicted octanol–water partition coefficient (Wildman–Crippen LogP) is 1.99. The van der Waals surface area contributed by atoms with Crippen molar-refractivity contribution in [3.63, 3.8) is 0 Å². The van der Waals surface area contributed by atoms with Gasteiger partial charge in [-0.1, -0.05) is 6.08 Å². The first-order valence-corrected chi connectivity index (χ1v) is 5.33. The quantitative estimate of drug-likeness (QED) is 0.772. The Hall–Kier alpha value is -1.16. The molecule has 3 nitrogen and oxygen atoms in total. The van der Waals surface area contributed by atoms with Gasteiger partial charge in [0.1, 0.15) is 5.01 Å². The maximum Gasteiger partial charge on any atom is 0.216 e. The van der Waals surface area contributed by atoms with Crippen LogP contribution in [0.4, 0.5) is 0 Å². The number of nitrogens with zero attached hydrogens (tertiary/aromatic N) is 1. The second-order valence-corrected chi connectivity index (χ2v) is 4.25. The fourth-order valence-electron chi connectivity index (χ4n) is 0.965. The molecule has 0 saturated heterocycles. The third-order valence-electron chi connectivity index (χ3n) is 1.58. The fourth-order valence-corrected chi connectivity index (χ4v) is 1.67. The molecule has 1 heterocycles. The Morgan fingerprint density at radius 2 is 2.50 bits per heavy atom. The van der Waals surface area contributed by atoms with E-state index >= 15 is 0 Å². The van der Waals surface area contributed by atoms with Crippen molar-refractivity contribution in [3.05, 3.63) is 22.2 Å². The minimum atomic E-state index is 0.0171. The van der Waals surface area contributed by atoms with Crippen molar-refractivity contribution in [2.24, 2.45) is 0 Å². The van der Waals surface area contributed by atoms with E-state index in [9.17, 15) is 4.79 Å². The molecule has 0 saturated carbocycles. The van der Waals surface area contributed by atoms with Crippen LogP contribution in [0.5, 0.6) is 0 Å².